The van der Waals surface area contributed by atoms with E-state index in [1.165, 1.54) is 96.7 Å². The van der Waals surface area contributed by atoms with E-state index < -0.39 is 0 Å². The van der Waals surface area contributed by atoms with Gasteiger partial charge in [-0.15, -0.1) is 26.3 Å². The Balaban J connectivity index is -0.0000000186. The molecule has 93 heavy (non-hydrogen) atoms. The predicted molar refractivity (Wildman–Crippen MR) is 421 cm³/mol. The largest absolute Gasteiger partial charge is 0.394 e. The number of nitrogens with two attached hydrogens (primary N) is 6. The second-order valence-corrected chi connectivity index (χ2v) is 14.2. The van der Waals surface area contributed by atoms with Gasteiger partial charge in [0.05, 0.1) is 0 Å². The molecule has 0 saturated carbocycles. The third-order valence-corrected chi connectivity index (χ3v) is 7.48. The van der Waals surface area contributed by atoms with Crippen LogP contribution in [0.15, 0.2) is 110 Å². The highest BCUT2D eigenvalue weighted by atomic mass is 16.3. The van der Waals surface area contributed by atoms with E-state index in [1.807, 2.05) is 139 Å². The summed E-state index contributed by atoms with van der Waals surface area (Å²) in [5.74, 6) is 2.00. The van der Waals surface area contributed by atoms with Crippen LogP contribution in [0, 0.1) is 11.8 Å². The number of benzene rings is 2. The van der Waals surface area contributed by atoms with Crippen LogP contribution < -0.4 is 59.0 Å². The molecule has 2 aromatic carbocycles. The van der Waals surface area contributed by atoms with Crippen LogP contribution in [-0.4, -0.2) is 145 Å². The smallest absolute Gasteiger partial charge is 0.219 e. The Morgan fingerprint density at radius 3 is 0.624 bits per heavy atom. The van der Waals surface area contributed by atoms with Gasteiger partial charge in [0.1, 0.15) is 67.9 Å². The van der Waals surface area contributed by atoms with Gasteiger partial charge in [-0.05, 0) is 152 Å². The minimum absolute atomic E-state index is 0. The number of aliphatic hydroxyl groups is 1. The van der Waals surface area contributed by atoms with Crippen LogP contribution in [-0.2, 0) is 65.6 Å². The summed E-state index contributed by atoms with van der Waals surface area (Å²) >= 11 is 0. The van der Waals surface area contributed by atoms with Crippen molar-refractivity contribution in [3.63, 3.8) is 0 Å². The summed E-state index contributed by atoms with van der Waals surface area (Å²) in [7, 11) is 9.00. The fourth-order valence-electron chi connectivity index (χ4n) is 2.64. The van der Waals surface area contributed by atoms with Crippen LogP contribution in [0.1, 0.15) is 188 Å². The molecular formula is C70H165N11O12. The molecule has 25 N–H and O–H groups in total. The van der Waals surface area contributed by atoms with Crippen LogP contribution in [0.3, 0.4) is 0 Å². The highest BCUT2D eigenvalue weighted by molar-refractivity contribution is 5.73. The molecule has 572 valence electrons. The van der Waals surface area contributed by atoms with Crippen molar-refractivity contribution >= 4 is 73.8 Å². The lowest BCUT2D eigenvalue weighted by Crippen LogP contribution is -2.33. The summed E-state index contributed by atoms with van der Waals surface area (Å²) in [4.78, 5) is 92.6. The van der Waals surface area contributed by atoms with E-state index >= 15 is 0 Å². The third kappa shape index (κ3) is 505. The summed E-state index contributed by atoms with van der Waals surface area (Å²) in [6.45, 7) is 74.3. The van der Waals surface area contributed by atoms with Crippen molar-refractivity contribution in [1.29, 1.82) is 0 Å². The van der Waals surface area contributed by atoms with E-state index in [1.54, 1.807) is 20.8 Å². The maximum Gasteiger partial charge on any atom is 0.219 e. The molecule has 1 saturated heterocycles. The molecule has 1 aliphatic heterocycles. The Labute approximate surface area is 577 Å². The maximum atomic E-state index is 10.7. The van der Waals surface area contributed by atoms with Crippen molar-refractivity contribution in [3.8, 4) is 0 Å². The van der Waals surface area contributed by atoms with Gasteiger partial charge in [-0.1, -0.05) is 180 Å². The number of carbonyl (C=O) groups excluding carboxylic acids is 11. The van der Waals surface area contributed by atoms with Crippen molar-refractivity contribution in [2.45, 2.75) is 195 Å². The first kappa shape index (κ1) is 185. The fraction of sp³-hybridized carbons (Fsp3) is 0.557. The normalized spacial score (nSPS) is 7.06. The zero-order chi connectivity index (χ0) is 78.5. The maximum absolute atomic E-state index is 10.7. The first-order valence-electron chi connectivity index (χ1n) is 28.6. The average Bonchev–Trinajstić information content (AvgIpc) is 3.65. The number of carbonyl (C=O) groups is 11. The highest BCUT2D eigenvalue weighted by Crippen LogP contribution is 2.07. The molecule has 3 rings (SSSR count). The van der Waals surface area contributed by atoms with Crippen molar-refractivity contribution in [3.05, 3.63) is 121 Å². The molecule has 0 radical (unpaired) electrons. The molecule has 0 unspecified atom stereocenters. The van der Waals surface area contributed by atoms with Gasteiger partial charge in [-0.3, -0.25) is 4.79 Å². The fourth-order valence-corrected chi connectivity index (χ4v) is 2.64. The number of hydrogen-bond acceptors (Lipinski definition) is 22. The standard InChI is InChI=1S/2C8H10.C7H13NO.2C5H12.2C5H10.C4H8.C3H8O.C2H6.C2H4.6CH5N.10CH2O.4H3N/c2*1-2-8-6-4-3-5-7-8;1-7(9)8-5-3-2-4-6-8;4*1-4-5(2)3;1-3-4-2;1-3(2)4;18*1-2;;;;/h2*3-7H,2H2,1H3;2-6H2,1H3;2*5H,4H2,1-3H3;2*2,4H2,1,3H3;2*3-4H,1-2H3;1-2H3;1-2H2;6*2H2,1H3;10*1H2;4*1H3/b;;;;;;;4-3-;;;;;;;;;;;;;;;;;;;;;;;. The van der Waals surface area contributed by atoms with Crippen molar-refractivity contribution in [1.82, 2.24) is 29.5 Å². The molecule has 0 bridgehead atoms. The van der Waals surface area contributed by atoms with E-state index in [0.717, 1.165) is 50.6 Å². The molecular weight excluding hydrogens is 1190 g/mol. The highest BCUT2D eigenvalue weighted by Gasteiger charge is 2.11. The Kier molecular flexibility index (Phi) is 643. The summed E-state index contributed by atoms with van der Waals surface area (Å²) in [5, 5.41) is 8.06. The summed E-state index contributed by atoms with van der Waals surface area (Å²) < 4.78 is 0. The lowest BCUT2D eigenvalue weighted by molar-refractivity contribution is -0.129. The molecule has 0 aromatic heterocycles. The van der Waals surface area contributed by atoms with E-state index in [-0.39, 0.29) is 36.6 Å². The van der Waals surface area contributed by atoms with Crippen molar-refractivity contribution in [2.75, 3.05) is 55.4 Å². The summed E-state index contributed by atoms with van der Waals surface area (Å²) in [5.41, 5.74) is 32.3. The number of piperidine rings is 1. The van der Waals surface area contributed by atoms with E-state index in [2.05, 4.69) is 178 Å². The van der Waals surface area contributed by atoms with Gasteiger partial charge in [0.2, 0.25) is 5.91 Å². The summed E-state index contributed by atoms with van der Waals surface area (Å²) in [6, 6.07) is 20.9. The molecule has 0 aliphatic carbocycles. The number of rotatable bonds is 6. The van der Waals surface area contributed by atoms with Gasteiger partial charge >= 0.3 is 0 Å². The molecule has 23 heteroatoms. The number of likely N-dealkylation sites (tertiary alicyclic amines) is 1. The van der Waals surface area contributed by atoms with Gasteiger partial charge in [0, 0.05) is 26.1 Å². The Morgan fingerprint density at radius 2 is 0.559 bits per heavy atom. The van der Waals surface area contributed by atoms with Crippen LogP contribution >= 0.6 is 0 Å². The number of aliphatic hydroxyl groups excluding tert-OH is 1. The molecule has 1 amide bonds. The first-order chi connectivity index (χ1) is 42.9. The van der Waals surface area contributed by atoms with Crippen molar-refractivity contribution < 1.29 is 57.8 Å². The van der Waals surface area contributed by atoms with Gasteiger partial charge in [-0.25, -0.2) is 0 Å². The monoisotopic (exact) mass is 1350 g/mol. The molecule has 1 aliphatic rings. The van der Waals surface area contributed by atoms with Gasteiger partial charge < -0.3 is 117 Å². The van der Waals surface area contributed by atoms with Crippen molar-refractivity contribution in [2.24, 2.45) is 46.2 Å². The molecule has 1 fully saturated rings. The second-order valence-electron chi connectivity index (χ2n) is 14.2. The van der Waals surface area contributed by atoms with Gasteiger partial charge in [-0.2, -0.15) is 0 Å². The quantitative estimate of drug-likeness (QED) is 0.120. The van der Waals surface area contributed by atoms with Crippen LogP contribution in [0.5, 0.6) is 0 Å². The van der Waals surface area contributed by atoms with Crippen LogP contribution in [0.4, 0.5) is 0 Å². The first-order valence-corrected chi connectivity index (χ1v) is 28.6. The SMILES string of the molecule is C/C=C\C.C=C.C=C(C)CC.C=C(C)CC.C=O.C=O.C=O.C=O.C=O.C=O.C=O.C=O.C=O.C=O.CC.CC(=O)N1CCCCC1.CC(C)O.CCC(C)C.CCC(C)C.CCc1ccccc1.CCc1ccccc1.CN.CN.CN.CN.CN.CN.N.N.N.N. The Morgan fingerprint density at radius 1 is 0.419 bits per heavy atom. The number of hydrogen-bond donors (Lipinski definition) is 11. The minimum Gasteiger partial charge on any atom is -0.394 e. The molecule has 1 heterocycles. The van der Waals surface area contributed by atoms with E-state index in [4.69, 9.17) is 53.1 Å². The van der Waals surface area contributed by atoms with Crippen LogP contribution in [0.2, 0.25) is 0 Å². The van der Waals surface area contributed by atoms with E-state index in [9.17, 15) is 4.79 Å². The summed E-state index contributed by atoms with van der Waals surface area (Å²) in [6.07, 6.45) is 14.6. The van der Waals surface area contributed by atoms with E-state index in [0.29, 0.717) is 0 Å². The van der Waals surface area contributed by atoms with Gasteiger partial charge in [0.25, 0.3) is 0 Å². The lowest BCUT2D eigenvalue weighted by Gasteiger charge is -2.24. The zero-order valence-electron chi connectivity index (χ0n) is 65.5. The Bertz CT molecular complexity index is 1150. The third-order valence-electron chi connectivity index (χ3n) is 7.48. The topological polar surface area (TPSA) is 507 Å². The molecule has 23 nitrogen and oxygen atoms in total. The van der Waals surface area contributed by atoms with Crippen LogP contribution in [0.25, 0.3) is 0 Å². The Hall–Kier alpha value is -6.87. The minimum atomic E-state index is -0.167. The average molecular weight is 1350 g/mol. The number of nitrogens with zero attached hydrogens (tertiary/aromatic N) is 1. The van der Waals surface area contributed by atoms with Gasteiger partial charge in [0.15, 0.2) is 0 Å². The number of amides is 1. The molecule has 0 spiro atoms. The lowest BCUT2D eigenvalue weighted by atomic mass is 10.1. The second kappa shape index (κ2) is 324. The number of aryl methyl sites for hydroxylation is 2. The zero-order valence-corrected chi connectivity index (χ0v) is 65.5. The number of allylic oxidation sites excluding steroid dienone is 4. The predicted octanol–water partition coefficient (Wildman–Crippen LogP) is 13.6. The molecule has 0 atom stereocenters. The molecule has 2 aromatic rings.